The summed E-state index contributed by atoms with van der Waals surface area (Å²) in [5.41, 5.74) is 3.24. The molecule has 6 nitrogen and oxygen atoms in total. The van der Waals surface area contributed by atoms with Crippen molar-refractivity contribution in [1.82, 2.24) is 5.32 Å². The second-order valence-electron chi connectivity index (χ2n) is 7.22. The highest BCUT2D eigenvalue weighted by Gasteiger charge is 2.21. The summed E-state index contributed by atoms with van der Waals surface area (Å²) in [6, 6.07) is 16.9. The molecule has 0 aliphatic rings. The van der Waals surface area contributed by atoms with Gasteiger partial charge in [0.2, 0.25) is 0 Å². The van der Waals surface area contributed by atoms with Crippen LogP contribution >= 0.6 is 11.6 Å². The Kier molecular flexibility index (Phi) is 7.43. The second-order valence-corrected chi connectivity index (χ2v) is 9.28. The number of carbonyl (C=O) groups excluding carboxylic acids is 1. The first-order chi connectivity index (χ1) is 15.2. The number of hydrogen-bond donors (Lipinski definition) is 2. The first kappa shape index (κ1) is 23.6. The van der Waals surface area contributed by atoms with Crippen molar-refractivity contribution in [1.29, 1.82) is 0 Å². The number of sulfonamides is 1. The molecule has 3 aromatic carbocycles. The second kappa shape index (κ2) is 10.1. The van der Waals surface area contributed by atoms with Gasteiger partial charge in [0.15, 0.2) is 0 Å². The molecule has 0 fully saturated rings. The molecule has 3 rings (SSSR count). The van der Waals surface area contributed by atoms with Gasteiger partial charge in [-0.2, -0.15) is 0 Å². The molecular weight excluding hydrogens is 448 g/mol. The summed E-state index contributed by atoms with van der Waals surface area (Å²) in [7, 11) is -4.00. The lowest BCUT2D eigenvalue weighted by Gasteiger charge is -2.14. The highest BCUT2D eigenvalue weighted by atomic mass is 35.5. The lowest BCUT2D eigenvalue weighted by atomic mass is 10.1. The number of nitrogens with one attached hydrogen (secondary N) is 2. The van der Waals surface area contributed by atoms with Crippen molar-refractivity contribution in [3.8, 4) is 5.75 Å². The zero-order chi connectivity index (χ0) is 23.3. The molecule has 0 spiro atoms. The molecule has 0 radical (unpaired) electrons. The smallest absolute Gasteiger partial charge is 0.263 e. The molecule has 3 aromatic rings. The number of halogens is 1. The Hall–Kier alpha value is -3.03. The Balaban J connectivity index is 1.82. The summed E-state index contributed by atoms with van der Waals surface area (Å²) in [6.07, 6.45) is 0. The van der Waals surface area contributed by atoms with Crippen LogP contribution in [0.2, 0.25) is 5.02 Å². The monoisotopic (exact) mass is 472 g/mol. The van der Waals surface area contributed by atoms with Gasteiger partial charge in [-0.25, -0.2) is 8.42 Å². The summed E-state index contributed by atoms with van der Waals surface area (Å²) < 4.78 is 34.2. The van der Waals surface area contributed by atoms with Gasteiger partial charge in [-0.15, -0.1) is 0 Å². The highest BCUT2D eigenvalue weighted by Crippen LogP contribution is 2.27. The van der Waals surface area contributed by atoms with Crippen LogP contribution in [0.3, 0.4) is 0 Å². The van der Waals surface area contributed by atoms with Gasteiger partial charge in [-0.1, -0.05) is 41.9 Å². The van der Waals surface area contributed by atoms with Crippen LogP contribution in [0.15, 0.2) is 65.6 Å². The van der Waals surface area contributed by atoms with Crippen LogP contribution in [-0.2, 0) is 16.6 Å². The molecule has 0 heterocycles. The van der Waals surface area contributed by atoms with E-state index in [1.807, 2.05) is 51.1 Å². The predicted octanol–water partition coefficient (Wildman–Crippen LogP) is 5.09. The van der Waals surface area contributed by atoms with Crippen molar-refractivity contribution < 1.29 is 17.9 Å². The largest absolute Gasteiger partial charge is 0.494 e. The number of hydrogen-bond acceptors (Lipinski definition) is 4. The normalized spacial score (nSPS) is 11.1. The van der Waals surface area contributed by atoms with Crippen LogP contribution in [0.1, 0.15) is 34.0 Å². The number of benzene rings is 3. The van der Waals surface area contributed by atoms with E-state index in [9.17, 15) is 13.2 Å². The van der Waals surface area contributed by atoms with E-state index in [2.05, 4.69) is 10.0 Å². The van der Waals surface area contributed by atoms with E-state index in [0.717, 1.165) is 16.7 Å². The third-order valence-corrected chi connectivity index (χ3v) is 6.89. The zero-order valence-electron chi connectivity index (χ0n) is 18.1. The first-order valence-corrected chi connectivity index (χ1v) is 12.0. The van der Waals surface area contributed by atoms with E-state index in [4.69, 9.17) is 16.3 Å². The van der Waals surface area contributed by atoms with E-state index in [1.165, 1.54) is 18.2 Å². The number of para-hydroxylation sites is 1. The molecule has 0 aliphatic carbocycles. The first-order valence-electron chi connectivity index (χ1n) is 10.1. The van der Waals surface area contributed by atoms with Crippen molar-refractivity contribution in [3.05, 3.63) is 87.9 Å². The van der Waals surface area contributed by atoms with Crippen molar-refractivity contribution in [3.63, 3.8) is 0 Å². The van der Waals surface area contributed by atoms with E-state index in [1.54, 1.807) is 12.1 Å². The topological polar surface area (TPSA) is 84.5 Å². The van der Waals surface area contributed by atoms with Crippen LogP contribution in [0.25, 0.3) is 0 Å². The van der Waals surface area contributed by atoms with Gasteiger partial charge in [-0.05, 0) is 62.2 Å². The van der Waals surface area contributed by atoms with Crippen molar-refractivity contribution in [2.75, 3.05) is 11.3 Å². The van der Waals surface area contributed by atoms with Gasteiger partial charge in [0, 0.05) is 17.7 Å². The third-order valence-electron chi connectivity index (χ3n) is 5.04. The fourth-order valence-corrected chi connectivity index (χ4v) is 4.79. The molecule has 0 aliphatic heterocycles. The minimum Gasteiger partial charge on any atom is -0.494 e. The molecule has 0 aromatic heterocycles. The predicted molar refractivity (Wildman–Crippen MR) is 127 cm³/mol. The van der Waals surface area contributed by atoms with E-state index in [-0.39, 0.29) is 22.0 Å². The molecule has 1 amide bonds. The molecule has 0 saturated heterocycles. The number of rotatable bonds is 8. The average Bonchev–Trinajstić information content (AvgIpc) is 2.76. The summed E-state index contributed by atoms with van der Waals surface area (Å²) in [5, 5.41) is 2.83. The molecule has 8 heteroatoms. The molecule has 0 atom stereocenters. The number of aryl methyl sites for hydroxylation is 1. The molecule has 168 valence electrons. The van der Waals surface area contributed by atoms with Crippen LogP contribution in [0, 0.1) is 13.8 Å². The number of anilines is 1. The standard InChI is InChI=1S/C24H25ClN2O4S/c1-4-31-22-11-6-5-9-19(22)15-26-24(28)18-12-13-20(25)23(14-18)32(29,30)27-21-10-7-8-16(2)17(21)3/h5-14,27H,4,15H2,1-3H3,(H,26,28). The fraction of sp³-hybridized carbons (Fsp3) is 0.208. The zero-order valence-corrected chi connectivity index (χ0v) is 19.7. The molecule has 0 bridgehead atoms. The van der Waals surface area contributed by atoms with E-state index in [0.29, 0.717) is 18.0 Å². The Labute approximate surface area is 193 Å². The third kappa shape index (κ3) is 5.41. The lowest BCUT2D eigenvalue weighted by molar-refractivity contribution is 0.0950. The van der Waals surface area contributed by atoms with Gasteiger partial charge in [0.1, 0.15) is 10.6 Å². The van der Waals surface area contributed by atoms with Crippen molar-refractivity contribution in [2.24, 2.45) is 0 Å². The number of carbonyl (C=O) groups is 1. The van der Waals surface area contributed by atoms with Crippen molar-refractivity contribution in [2.45, 2.75) is 32.2 Å². The molecule has 32 heavy (non-hydrogen) atoms. The minimum absolute atomic E-state index is 0.0287. The fourth-order valence-electron chi connectivity index (χ4n) is 3.14. The lowest BCUT2D eigenvalue weighted by Crippen LogP contribution is -2.24. The highest BCUT2D eigenvalue weighted by molar-refractivity contribution is 7.92. The maximum absolute atomic E-state index is 13.0. The Morgan fingerprint density at radius 2 is 1.78 bits per heavy atom. The van der Waals surface area contributed by atoms with Crippen LogP contribution in [0.4, 0.5) is 5.69 Å². The van der Waals surface area contributed by atoms with E-state index >= 15 is 0 Å². The molecule has 2 N–H and O–H groups in total. The molecule has 0 saturated carbocycles. The quantitative estimate of drug-likeness (QED) is 0.478. The summed E-state index contributed by atoms with van der Waals surface area (Å²) in [5.74, 6) is 0.267. The number of ether oxygens (including phenoxy) is 1. The Bertz CT molecular complexity index is 1240. The molecular formula is C24H25ClN2O4S. The summed E-state index contributed by atoms with van der Waals surface area (Å²) >= 11 is 6.18. The SMILES string of the molecule is CCOc1ccccc1CNC(=O)c1ccc(Cl)c(S(=O)(=O)Nc2cccc(C)c2C)c1. The average molecular weight is 473 g/mol. The van der Waals surface area contributed by atoms with Gasteiger partial charge in [0.05, 0.1) is 17.3 Å². The molecule has 0 unspecified atom stereocenters. The van der Waals surface area contributed by atoms with Gasteiger partial charge in [0.25, 0.3) is 15.9 Å². The van der Waals surface area contributed by atoms with Crippen LogP contribution in [0.5, 0.6) is 5.75 Å². The summed E-state index contributed by atoms with van der Waals surface area (Å²) in [6.45, 7) is 6.36. The Morgan fingerprint density at radius 3 is 2.53 bits per heavy atom. The van der Waals surface area contributed by atoms with Crippen LogP contribution in [-0.4, -0.2) is 20.9 Å². The van der Waals surface area contributed by atoms with Gasteiger partial charge in [-0.3, -0.25) is 9.52 Å². The van der Waals surface area contributed by atoms with Gasteiger partial charge >= 0.3 is 0 Å². The Morgan fingerprint density at radius 1 is 1.03 bits per heavy atom. The van der Waals surface area contributed by atoms with Gasteiger partial charge < -0.3 is 10.1 Å². The minimum atomic E-state index is -4.00. The maximum Gasteiger partial charge on any atom is 0.263 e. The number of amides is 1. The van der Waals surface area contributed by atoms with Crippen molar-refractivity contribution >= 4 is 33.2 Å². The maximum atomic E-state index is 13.0. The van der Waals surface area contributed by atoms with E-state index < -0.39 is 15.9 Å². The van der Waals surface area contributed by atoms with Crippen LogP contribution < -0.4 is 14.8 Å². The summed E-state index contributed by atoms with van der Waals surface area (Å²) in [4.78, 5) is 12.6.